The lowest BCUT2D eigenvalue weighted by Gasteiger charge is -2.22. The Bertz CT molecular complexity index is 2780. The molecule has 2 aromatic heterocycles. The average Bonchev–Trinajstić information content (AvgIpc) is 3.77. The second-order valence-corrected chi connectivity index (χ2v) is 13.7. The molecule has 0 bridgehead atoms. The van der Waals surface area contributed by atoms with Gasteiger partial charge in [0.15, 0.2) is 6.17 Å². The molecule has 50 heavy (non-hydrogen) atoms. The van der Waals surface area contributed by atoms with Crippen LogP contribution in [0.25, 0.3) is 64.4 Å². The topological polar surface area (TPSA) is 49.9 Å². The van der Waals surface area contributed by atoms with Crippen LogP contribution in [0.4, 0.5) is 0 Å². The SMILES string of the molecule is c1ccc(-c2ccc(C3=NC(c4ccc5c(c4)sc4cccc(-c6ccccc6)c45)N=C(c4cccc5c4oc4ccccc45)N3)cc2)cc1. The molecule has 3 heterocycles. The van der Waals surface area contributed by atoms with E-state index >= 15 is 0 Å². The summed E-state index contributed by atoms with van der Waals surface area (Å²) in [4.78, 5) is 10.5. The monoisotopic (exact) mass is 659 g/mol. The number of benzene rings is 7. The molecule has 1 aliphatic rings. The smallest absolute Gasteiger partial charge is 0.169 e. The number of nitrogens with one attached hydrogen (secondary N) is 1. The molecule has 0 radical (unpaired) electrons. The van der Waals surface area contributed by atoms with Crippen LogP contribution in [0.2, 0.25) is 0 Å². The maximum absolute atomic E-state index is 6.46. The van der Waals surface area contributed by atoms with Gasteiger partial charge in [-0.2, -0.15) is 0 Å². The second-order valence-electron chi connectivity index (χ2n) is 12.6. The summed E-state index contributed by atoms with van der Waals surface area (Å²) in [5.74, 6) is 1.51. The van der Waals surface area contributed by atoms with Crippen molar-refractivity contribution in [3.8, 4) is 22.3 Å². The highest BCUT2D eigenvalue weighted by atomic mass is 32.1. The molecular formula is C45H29N3OS. The molecule has 1 aliphatic heterocycles. The molecule has 236 valence electrons. The van der Waals surface area contributed by atoms with Gasteiger partial charge in [0.05, 0.1) is 5.56 Å². The van der Waals surface area contributed by atoms with Crippen molar-refractivity contribution in [3.05, 3.63) is 180 Å². The van der Waals surface area contributed by atoms with Crippen molar-refractivity contribution in [1.29, 1.82) is 0 Å². The van der Waals surface area contributed by atoms with E-state index < -0.39 is 6.17 Å². The molecule has 0 aliphatic carbocycles. The number of hydrogen-bond donors (Lipinski definition) is 1. The fraction of sp³-hybridized carbons (Fsp3) is 0.0222. The third-order valence-corrected chi connectivity index (χ3v) is 10.7. The van der Waals surface area contributed by atoms with Crippen LogP contribution < -0.4 is 5.32 Å². The first kappa shape index (κ1) is 28.7. The lowest BCUT2D eigenvalue weighted by molar-refractivity contribution is 0.667. The maximum atomic E-state index is 6.46. The predicted molar refractivity (Wildman–Crippen MR) is 209 cm³/mol. The number of para-hydroxylation sites is 2. The van der Waals surface area contributed by atoms with Gasteiger partial charge in [-0.15, -0.1) is 11.3 Å². The minimum absolute atomic E-state index is 0.446. The number of fused-ring (bicyclic) bond motifs is 6. The van der Waals surface area contributed by atoms with Gasteiger partial charge in [-0.05, 0) is 52.1 Å². The van der Waals surface area contributed by atoms with Crippen LogP contribution >= 0.6 is 11.3 Å². The molecule has 10 rings (SSSR count). The third-order valence-electron chi connectivity index (χ3n) is 9.57. The summed E-state index contributed by atoms with van der Waals surface area (Å²) in [5, 5.41) is 8.30. The Morgan fingerprint density at radius 2 is 1.14 bits per heavy atom. The minimum Gasteiger partial charge on any atom is -0.455 e. The third kappa shape index (κ3) is 4.82. The summed E-state index contributed by atoms with van der Waals surface area (Å²) >= 11 is 1.82. The predicted octanol–water partition coefficient (Wildman–Crippen LogP) is 11.8. The largest absolute Gasteiger partial charge is 0.455 e. The Kier molecular flexibility index (Phi) is 6.71. The molecule has 1 unspecified atom stereocenters. The van der Waals surface area contributed by atoms with E-state index in [0.29, 0.717) is 0 Å². The van der Waals surface area contributed by atoms with Gasteiger partial charge in [0.1, 0.15) is 22.8 Å². The summed E-state index contributed by atoms with van der Waals surface area (Å²) in [6.45, 7) is 0. The van der Waals surface area contributed by atoms with E-state index in [0.717, 1.165) is 55.9 Å². The molecule has 0 fully saturated rings. The van der Waals surface area contributed by atoms with Gasteiger partial charge in [0.2, 0.25) is 0 Å². The van der Waals surface area contributed by atoms with Crippen molar-refractivity contribution in [2.75, 3.05) is 0 Å². The van der Waals surface area contributed by atoms with Crippen molar-refractivity contribution >= 4 is 65.1 Å². The highest BCUT2D eigenvalue weighted by Gasteiger charge is 2.24. The average molecular weight is 660 g/mol. The zero-order valence-electron chi connectivity index (χ0n) is 26.9. The van der Waals surface area contributed by atoms with Gasteiger partial charge in [-0.25, -0.2) is 9.98 Å². The van der Waals surface area contributed by atoms with E-state index in [2.05, 4.69) is 145 Å². The first-order valence-electron chi connectivity index (χ1n) is 16.8. The van der Waals surface area contributed by atoms with E-state index in [1.165, 1.54) is 36.9 Å². The van der Waals surface area contributed by atoms with Crippen molar-refractivity contribution in [3.63, 3.8) is 0 Å². The van der Waals surface area contributed by atoms with Crippen LogP contribution in [0.3, 0.4) is 0 Å². The van der Waals surface area contributed by atoms with Gasteiger partial charge in [0.25, 0.3) is 0 Å². The molecular weight excluding hydrogens is 631 g/mol. The van der Waals surface area contributed by atoms with Crippen molar-refractivity contribution in [1.82, 2.24) is 5.32 Å². The van der Waals surface area contributed by atoms with Crippen LogP contribution in [-0.2, 0) is 0 Å². The number of amidine groups is 2. The number of aliphatic imine (C=N–C) groups is 2. The van der Waals surface area contributed by atoms with E-state index in [9.17, 15) is 0 Å². The number of rotatable bonds is 5. The first-order chi connectivity index (χ1) is 24.8. The Morgan fingerprint density at radius 3 is 1.98 bits per heavy atom. The Morgan fingerprint density at radius 1 is 0.480 bits per heavy atom. The molecule has 9 aromatic rings. The summed E-state index contributed by atoms with van der Waals surface area (Å²) in [6.07, 6.45) is -0.446. The van der Waals surface area contributed by atoms with Crippen LogP contribution in [0.15, 0.2) is 178 Å². The van der Waals surface area contributed by atoms with Gasteiger partial charge < -0.3 is 9.73 Å². The summed E-state index contributed by atoms with van der Waals surface area (Å²) in [7, 11) is 0. The van der Waals surface area contributed by atoms with Gasteiger partial charge >= 0.3 is 0 Å². The zero-order chi connectivity index (χ0) is 33.0. The molecule has 4 nitrogen and oxygen atoms in total. The first-order valence-corrected chi connectivity index (χ1v) is 17.6. The normalized spacial score (nSPS) is 14.6. The zero-order valence-corrected chi connectivity index (χ0v) is 27.7. The number of thiophene rings is 1. The van der Waals surface area contributed by atoms with Crippen LogP contribution in [0.5, 0.6) is 0 Å². The lowest BCUT2D eigenvalue weighted by atomic mass is 9.99. The Balaban J connectivity index is 1.11. The Labute approximate surface area is 292 Å². The Hall–Kier alpha value is -6.30. The molecule has 0 spiro atoms. The molecule has 0 amide bonds. The molecule has 1 N–H and O–H groups in total. The van der Waals surface area contributed by atoms with E-state index in [4.69, 9.17) is 14.4 Å². The van der Waals surface area contributed by atoms with Crippen LogP contribution in [0, 0.1) is 0 Å². The van der Waals surface area contributed by atoms with Crippen LogP contribution in [0.1, 0.15) is 22.9 Å². The molecule has 7 aromatic carbocycles. The van der Waals surface area contributed by atoms with E-state index in [1.54, 1.807) is 0 Å². The maximum Gasteiger partial charge on any atom is 0.169 e. The highest BCUT2D eigenvalue weighted by molar-refractivity contribution is 7.26. The fourth-order valence-corrected chi connectivity index (χ4v) is 8.31. The summed E-state index contributed by atoms with van der Waals surface area (Å²) in [6, 6.07) is 57.4. The molecule has 1 atom stereocenters. The highest BCUT2D eigenvalue weighted by Crippen LogP contribution is 2.41. The quantitative estimate of drug-likeness (QED) is 0.200. The summed E-state index contributed by atoms with van der Waals surface area (Å²) in [5.41, 5.74) is 9.44. The van der Waals surface area contributed by atoms with E-state index in [1.807, 2.05) is 35.6 Å². The standard InChI is InChI=1S/C45H29N3OS/c1-3-11-28(12-4-1)29-21-23-31(24-22-29)43-46-44(48-45(47-43)37-18-9-17-35-34-15-7-8-19-38(34)49-42(35)37)32-25-26-36-40(27-32)50-39-20-10-16-33(41(36)39)30-13-5-2-6-14-30/h1-27,44H,(H,46,47,48). The van der Waals surface area contributed by atoms with Gasteiger partial charge in [0, 0.05) is 36.5 Å². The van der Waals surface area contributed by atoms with Crippen molar-refractivity contribution in [2.45, 2.75) is 6.17 Å². The number of furan rings is 1. The van der Waals surface area contributed by atoms with E-state index in [-0.39, 0.29) is 0 Å². The van der Waals surface area contributed by atoms with Gasteiger partial charge in [-0.1, -0.05) is 140 Å². The minimum atomic E-state index is -0.446. The number of nitrogens with zero attached hydrogens (tertiary/aromatic N) is 2. The summed E-state index contributed by atoms with van der Waals surface area (Å²) < 4.78 is 8.96. The number of hydrogen-bond acceptors (Lipinski definition) is 5. The molecule has 0 saturated heterocycles. The molecule has 5 heteroatoms. The second kappa shape index (κ2) is 11.7. The van der Waals surface area contributed by atoms with Gasteiger partial charge in [-0.3, -0.25) is 0 Å². The fourth-order valence-electron chi connectivity index (χ4n) is 7.13. The van der Waals surface area contributed by atoms with Crippen LogP contribution in [-0.4, -0.2) is 11.7 Å². The van der Waals surface area contributed by atoms with Crippen molar-refractivity contribution < 1.29 is 4.42 Å². The van der Waals surface area contributed by atoms with Crippen molar-refractivity contribution in [2.24, 2.45) is 9.98 Å². The molecule has 0 saturated carbocycles. The lowest BCUT2D eigenvalue weighted by Crippen LogP contribution is -2.36.